The Bertz CT molecular complexity index is 758. The molecule has 0 aromatic heterocycles. The maximum absolute atomic E-state index is 12.1. The number of hydrogen-bond acceptors (Lipinski definition) is 3. The van der Waals surface area contributed by atoms with E-state index in [-0.39, 0.29) is 22.2 Å². The van der Waals surface area contributed by atoms with Crippen molar-refractivity contribution < 1.29 is 9.72 Å². The predicted molar refractivity (Wildman–Crippen MR) is 99.3 cm³/mol. The zero-order chi connectivity index (χ0) is 18.4. The van der Waals surface area contributed by atoms with Crippen LogP contribution in [0.2, 0.25) is 5.02 Å². The summed E-state index contributed by atoms with van der Waals surface area (Å²) < 4.78 is 0. The van der Waals surface area contributed by atoms with Crippen LogP contribution in [0, 0.1) is 10.1 Å². The molecule has 25 heavy (non-hydrogen) atoms. The second-order valence-electron chi connectivity index (χ2n) is 6.18. The molecule has 2 aromatic rings. The van der Waals surface area contributed by atoms with E-state index in [9.17, 15) is 14.9 Å². The standard InChI is InChI=1S/C19H21ClN2O3/c1-13(2)15-7-5-14(6-8-15)4-3-11-21-19(23)16-9-10-17(20)18(12-16)22(24)25/h5-10,12-13H,3-4,11H2,1-2H3,(H,21,23). The van der Waals surface area contributed by atoms with Gasteiger partial charge >= 0.3 is 0 Å². The molecule has 0 unspecified atom stereocenters. The van der Waals surface area contributed by atoms with Gasteiger partial charge in [-0.1, -0.05) is 49.7 Å². The predicted octanol–water partition coefficient (Wildman–Crippen LogP) is 4.73. The third-order valence-corrected chi connectivity index (χ3v) is 4.30. The number of carbonyl (C=O) groups is 1. The number of hydrogen-bond donors (Lipinski definition) is 1. The zero-order valence-electron chi connectivity index (χ0n) is 14.3. The number of rotatable bonds is 7. The van der Waals surface area contributed by atoms with Crippen LogP contribution in [0.5, 0.6) is 0 Å². The quantitative estimate of drug-likeness (QED) is 0.440. The van der Waals surface area contributed by atoms with Gasteiger partial charge in [0.15, 0.2) is 0 Å². The van der Waals surface area contributed by atoms with E-state index >= 15 is 0 Å². The fraction of sp³-hybridized carbons (Fsp3) is 0.316. The van der Waals surface area contributed by atoms with Gasteiger partial charge in [-0.2, -0.15) is 0 Å². The number of nitrogens with zero attached hydrogens (tertiary/aromatic N) is 1. The second kappa shape index (κ2) is 8.62. The molecule has 0 atom stereocenters. The average molecular weight is 361 g/mol. The van der Waals surface area contributed by atoms with Gasteiger partial charge in [0.05, 0.1) is 4.92 Å². The summed E-state index contributed by atoms with van der Waals surface area (Å²) in [6.07, 6.45) is 1.65. The molecule has 0 aliphatic carbocycles. The lowest BCUT2D eigenvalue weighted by molar-refractivity contribution is -0.384. The van der Waals surface area contributed by atoms with E-state index in [0.29, 0.717) is 12.5 Å². The lowest BCUT2D eigenvalue weighted by atomic mass is 10.0. The van der Waals surface area contributed by atoms with E-state index < -0.39 is 4.92 Å². The van der Waals surface area contributed by atoms with Crippen molar-refractivity contribution in [3.63, 3.8) is 0 Å². The first-order valence-electron chi connectivity index (χ1n) is 8.19. The van der Waals surface area contributed by atoms with Gasteiger partial charge < -0.3 is 5.32 Å². The van der Waals surface area contributed by atoms with Crippen molar-refractivity contribution >= 4 is 23.2 Å². The number of benzene rings is 2. The Balaban J connectivity index is 1.84. The molecule has 0 aliphatic heterocycles. The van der Waals surface area contributed by atoms with E-state index in [1.165, 1.54) is 29.3 Å². The second-order valence-corrected chi connectivity index (χ2v) is 6.59. The highest BCUT2D eigenvalue weighted by atomic mass is 35.5. The molecule has 0 spiro atoms. The van der Waals surface area contributed by atoms with Gasteiger partial charge in [0.1, 0.15) is 5.02 Å². The minimum Gasteiger partial charge on any atom is -0.352 e. The number of nitro groups is 1. The average Bonchev–Trinajstić information content (AvgIpc) is 2.59. The van der Waals surface area contributed by atoms with Gasteiger partial charge in [0.25, 0.3) is 11.6 Å². The first kappa shape index (κ1) is 18.9. The number of nitrogens with one attached hydrogen (secondary N) is 1. The summed E-state index contributed by atoms with van der Waals surface area (Å²) in [5, 5.41) is 13.7. The molecule has 1 N–H and O–H groups in total. The molecule has 0 aliphatic rings. The van der Waals surface area contributed by atoms with Crippen LogP contribution in [-0.2, 0) is 6.42 Å². The van der Waals surface area contributed by atoms with E-state index in [1.807, 2.05) is 0 Å². The topological polar surface area (TPSA) is 72.2 Å². The minimum absolute atomic E-state index is 0.0198. The lowest BCUT2D eigenvalue weighted by Crippen LogP contribution is -2.24. The van der Waals surface area contributed by atoms with Gasteiger partial charge in [-0.25, -0.2) is 0 Å². The summed E-state index contributed by atoms with van der Waals surface area (Å²) in [5.41, 5.74) is 2.50. The van der Waals surface area contributed by atoms with Gasteiger partial charge in [-0.15, -0.1) is 0 Å². The molecular weight excluding hydrogens is 340 g/mol. The van der Waals surface area contributed by atoms with Crippen molar-refractivity contribution in [1.29, 1.82) is 0 Å². The molecular formula is C19H21ClN2O3. The smallest absolute Gasteiger partial charge is 0.288 e. The fourth-order valence-corrected chi connectivity index (χ4v) is 2.65. The van der Waals surface area contributed by atoms with Crippen molar-refractivity contribution in [2.45, 2.75) is 32.6 Å². The Morgan fingerprint density at radius 2 is 1.88 bits per heavy atom. The molecule has 0 heterocycles. The van der Waals surface area contributed by atoms with Crippen molar-refractivity contribution in [3.8, 4) is 0 Å². The Kier molecular flexibility index (Phi) is 6.53. The van der Waals surface area contributed by atoms with Crippen LogP contribution in [0.25, 0.3) is 0 Å². The first-order chi connectivity index (χ1) is 11.9. The fourth-order valence-electron chi connectivity index (χ4n) is 2.46. The van der Waals surface area contributed by atoms with E-state index in [0.717, 1.165) is 12.8 Å². The summed E-state index contributed by atoms with van der Waals surface area (Å²) in [6.45, 7) is 4.82. The first-order valence-corrected chi connectivity index (χ1v) is 8.57. The van der Waals surface area contributed by atoms with E-state index in [4.69, 9.17) is 11.6 Å². The highest BCUT2D eigenvalue weighted by Crippen LogP contribution is 2.25. The molecule has 1 amide bonds. The number of nitro benzene ring substituents is 1. The number of aryl methyl sites for hydroxylation is 1. The van der Waals surface area contributed by atoms with Gasteiger partial charge in [0, 0.05) is 18.2 Å². The maximum Gasteiger partial charge on any atom is 0.288 e. The molecule has 0 bridgehead atoms. The monoisotopic (exact) mass is 360 g/mol. The number of halogens is 1. The molecule has 0 radical (unpaired) electrons. The van der Waals surface area contributed by atoms with Crippen molar-refractivity contribution in [2.75, 3.05) is 6.54 Å². The van der Waals surface area contributed by atoms with Crippen LogP contribution >= 0.6 is 11.6 Å². The largest absolute Gasteiger partial charge is 0.352 e. The van der Waals surface area contributed by atoms with Crippen LogP contribution in [0.3, 0.4) is 0 Å². The van der Waals surface area contributed by atoms with Crippen LogP contribution in [-0.4, -0.2) is 17.4 Å². The van der Waals surface area contributed by atoms with Crippen LogP contribution in [0.1, 0.15) is 47.7 Å². The minimum atomic E-state index is -0.597. The third kappa shape index (κ3) is 5.29. The summed E-state index contributed by atoms with van der Waals surface area (Å²) >= 11 is 5.75. The van der Waals surface area contributed by atoms with Gasteiger partial charge in [-0.3, -0.25) is 14.9 Å². The Labute approximate surface area is 152 Å². The SMILES string of the molecule is CC(C)c1ccc(CCCNC(=O)c2ccc(Cl)c([N+](=O)[O-])c2)cc1. The highest BCUT2D eigenvalue weighted by molar-refractivity contribution is 6.32. The van der Waals surface area contributed by atoms with Crippen LogP contribution in [0.15, 0.2) is 42.5 Å². The molecule has 5 nitrogen and oxygen atoms in total. The number of carbonyl (C=O) groups excluding carboxylic acids is 1. The van der Waals surface area contributed by atoms with E-state index in [2.05, 4.69) is 43.4 Å². The van der Waals surface area contributed by atoms with E-state index in [1.54, 1.807) is 0 Å². The molecule has 0 fully saturated rings. The maximum atomic E-state index is 12.1. The van der Waals surface area contributed by atoms with Crippen molar-refractivity contribution in [2.24, 2.45) is 0 Å². The number of amides is 1. The molecule has 2 rings (SSSR count). The third-order valence-electron chi connectivity index (χ3n) is 3.98. The zero-order valence-corrected chi connectivity index (χ0v) is 15.0. The molecule has 0 saturated carbocycles. The lowest BCUT2D eigenvalue weighted by Gasteiger charge is -2.08. The van der Waals surface area contributed by atoms with Crippen molar-refractivity contribution in [1.82, 2.24) is 5.32 Å². The Hall–Kier alpha value is -2.40. The summed E-state index contributed by atoms with van der Waals surface area (Å²) in [5.74, 6) is 0.173. The molecule has 2 aromatic carbocycles. The summed E-state index contributed by atoms with van der Waals surface area (Å²) in [4.78, 5) is 22.4. The summed E-state index contributed by atoms with van der Waals surface area (Å²) in [6, 6.07) is 12.5. The molecule has 6 heteroatoms. The molecule has 0 saturated heterocycles. The van der Waals surface area contributed by atoms with Gasteiger partial charge in [0.2, 0.25) is 0 Å². The summed E-state index contributed by atoms with van der Waals surface area (Å²) in [7, 11) is 0. The Morgan fingerprint density at radius 3 is 2.48 bits per heavy atom. The van der Waals surface area contributed by atoms with Gasteiger partial charge in [-0.05, 0) is 42.0 Å². The van der Waals surface area contributed by atoms with Crippen molar-refractivity contribution in [3.05, 3.63) is 74.3 Å². The highest BCUT2D eigenvalue weighted by Gasteiger charge is 2.15. The van der Waals surface area contributed by atoms with Crippen LogP contribution < -0.4 is 5.32 Å². The van der Waals surface area contributed by atoms with Crippen LogP contribution in [0.4, 0.5) is 5.69 Å². The normalized spacial score (nSPS) is 10.7. The molecule has 132 valence electrons. The Morgan fingerprint density at radius 1 is 1.20 bits per heavy atom.